The molecule has 0 bridgehead atoms. The first kappa shape index (κ1) is 17.0. The molecule has 3 nitrogen and oxygen atoms in total. The third-order valence-electron chi connectivity index (χ3n) is 2.46. The Labute approximate surface area is 119 Å². The van der Waals surface area contributed by atoms with Gasteiger partial charge in [0.2, 0.25) is 0 Å². The number of benzene rings is 1. The van der Waals surface area contributed by atoms with Crippen LogP contribution in [-0.2, 0) is 0 Å². The highest BCUT2D eigenvalue weighted by atomic mass is 19.4. The number of halogens is 4. The van der Waals surface area contributed by atoms with Crippen molar-refractivity contribution in [2.45, 2.75) is 25.6 Å². The van der Waals surface area contributed by atoms with Crippen molar-refractivity contribution < 1.29 is 22.4 Å². The van der Waals surface area contributed by atoms with Gasteiger partial charge in [-0.1, -0.05) is 11.8 Å². The molecule has 7 heteroatoms. The van der Waals surface area contributed by atoms with E-state index in [1.807, 2.05) is 0 Å². The number of alkyl halides is 3. The van der Waals surface area contributed by atoms with Crippen LogP contribution in [-0.4, -0.2) is 24.7 Å². The van der Waals surface area contributed by atoms with Crippen LogP contribution < -0.4 is 11.1 Å². The van der Waals surface area contributed by atoms with E-state index < -0.39 is 30.4 Å². The van der Waals surface area contributed by atoms with Crippen LogP contribution in [0.1, 0.15) is 29.3 Å². The maximum absolute atomic E-state index is 13.6. The Morgan fingerprint density at radius 2 is 2.10 bits per heavy atom. The van der Waals surface area contributed by atoms with Crippen LogP contribution in [0.3, 0.4) is 0 Å². The van der Waals surface area contributed by atoms with Crippen molar-refractivity contribution in [2.24, 2.45) is 5.73 Å². The Morgan fingerprint density at radius 1 is 1.43 bits per heavy atom. The van der Waals surface area contributed by atoms with Gasteiger partial charge in [0.1, 0.15) is 5.82 Å². The summed E-state index contributed by atoms with van der Waals surface area (Å²) >= 11 is 0. The molecule has 1 unspecified atom stereocenters. The van der Waals surface area contributed by atoms with Crippen molar-refractivity contribution in [3.8, 4) is 11.8 Å². The van der Waals surface area contributed by atoms with Crippen LogP contribution in [0.15, 0.2) is 18.2 Å². The van der Waals surface area contributed by atoms with Crippen molar-refractivity contribution in [2.75, 3.05) is 6.54 Å². The molecule has 0 aliphatic rings. The molecule has 0 radical (unpaired) electrons. The fraction of sp³-hybridized carbons (Fsp3) is 0.357. The second-order valence-electron chi connectivity index (χ2n) is 4.39. The number of hydrogen-bond acceptors (Lipinski definition) is 2. The summed E-state index contributed by atoms with van der Waals surface area (Å²) in [5.41, 5.74) is 5.20. The lowest BCUT2D eigenvalue weighted by Crippen LogP contribution is -2.36. The average molecular weight is 302 g/mol. The monoisotopic (exact) mass is 302 g/mol. The smallest absolute Gasteiger partial charge is 0.349 e. The van der Waals surface area contributed by atoms with Gasteiger partial charge >= 0.3 is 6.18 Å². The summed E-state index contributed by atoms with van der Waals surface area (Å²) < 4.78 is 50.1. The summed E-state index contributed by atoms with van der Waals surface area (Å²) in [7, 11) is 0. The number of hydrogen-bond donors (Lipinski definition) is 2. The number of amides is 1. The van der Waals surface area contributed by atoms with E-state index in [0.717, 1.165) is 6.07 Å². The predicted molar refractivity (Wildman–Crippen MR) is 69.9 cm³/mol. The Kier molecular flexibility index (Phi) is 5.73. The third-order valence-corrected chi connectivity index (χ3v) is 2.46. The minimum atomic E-state index is -4.40. The van der Waals surface area contributed by atoms with Gasteiger partial charge in [-0.2, -0.15) is 13.2 Å². The van der Waals surface area contributed by atoms with E-state index in [1.165, 1.54) is 19.1 Å². The van der Waals surface area contributed by atoms with Crippen LogP contribution in [0.25, 0.3) is 0 Å². The van der Waals surface area contributed by atoms with E-state index in [9.17, 15) is 22.4 Å². The standard InChI is InChI=1S/C14H14F4N2O/c1-9(8-14(16,17)18)20-13(21)11-7-10(3-2-6-19)4-5-12(11)15/h4-5,7,9H,6,8,19H2,1H3,(H,20,21). The van der Waals surface area contributed by atoms with Gasteiger partial charge < -0.3 is 11.1 Å². The van der Waals surface area contributed by atoms with Crippen LogP contribution >= 0.6 is 0 Å². The van der Waals surface area contributed by atoms with E-state index >= 15 is 0 Å². The maximum Gasteiger partial charge on any atom is 0.391 e. The van der Waals surface area contributed by atoms with Gasteiger partial charge in [0.25, 0.3) is 5.91 Å². The highest BCUT2D eigenvalue weighted by Crippen LogP contribution is 2.21. The Hall–Kier alpha value is -2.07. The second kappa shape index (κ2) is 7.09. The molecule has 114 valence electrons. The second-order valence-corrected chi connectivity index (χ2v) is 4.39. The molecule has 0 saturated heterocycles. The van der Waals surface area contributed by atoms with Crippen molar-refractivity contribution >= 4 is 5.91 Å². The van der Waals surface area contributed by atoms with Crippen LogP contribution in [0, 0.1) is 17.7 Å². The fourth-order valence-corrected chi connectivity index (χ4v) is 1.63. The summed E-state index contributed by atoms with van der Waals surface area (Å²) in [6, 6.07) is 2.40. The van der Waals surface area contributed by atoms with Gasteiger partial charge in [-0.3, -0.25) is 4.79 Å². The molecular formula is C14H14F4N2O. The predicted octanol–water partition coefficient (Wildman–Crippen LogP) is 2.21. The highest BCUT2D eigenvalue weighted by molar-refractivity contribution is 5.95. The van der Waals surface area contributed by atoms with Crippen molar-refractivity contribution in [3.05, 3.63) is 35.1 Å². The summed E-state index contributed by atoms with van der Waals surface area (Å²) in [6.07, 6.45) is -5.59. The van der Waals surface area contributed by atoms with E-state index in [-0.39, 0.29) is 12.1 Å². The molecule has 1 rings (SSSR count). The molecule has 1 amide bonds. The third kappa shape index (κ3) is 5.83. The van der Waals surface area contributed by atoms with Crippen molar-refractivity contribution in [3.63, 3.8) is 0 Å². The summed E-state index contributed by atoms with van der Waals surface area (Å²) in [4.78, 5) is 11.8. The van der Waals surface area contributed by atoms with Crippen molar-refractivity contribution in [1.29, 1.82) is 0 Å². The molecule has 0 heterocycles. The van der Waals surface area contributed by atoms with Crippen LogP contribution in [0.4, 0.5) is 17.6 Å². The fourth-order valence-electron chi connectivity index (χ4n) is 1.63. The van der Waals surface area contributed by atoms with Gasteiger partial charge in [0.05, 0.1) is 18.5 Å². The highest BCUT2D eigenvalue weighted by Gasteiger charge is 2.30. The molecule has 21 heavy (non-hydrogen) atoms. The van der Waals surface area contributed by atoms with Gasteiger partial charge in [-0.15, -0.1) is 0 Å². The zero-order valence-corrected chi connectivity index (χ0v) is 11.2. The van der Waals surface area contributed by atoms with Gasteiger partial charge in [-0.25, -0.2) is 4.39 Å². The Balaban J connectivity index is 2.86. The number of carbonyl (C=O) groups excluding carboxylic acids is 1. The first-order chi connectivity index (χ1) is 9.73. The molecule has 0 aliphatic carbocycles. The van der Waals surface area contributed by atoms with E-state index in [4.69, 9.17) is 5.73 Å². The van der Waals surface area contributed by atoms with Gasteiger partial charge in [0, 0.05) is 11.6 Å². The molecule has 0 aromatic heterocycles. The molecule has 0 saturated carbocycles. The lowest BCUT2D eigenvalue weighted by atomic mass is 10.1. The molecule has 1 aromatic carbocycles. The zero-order valence-electron chi connectivity index (χ0n) is 11.2. The lowest BCUT2D eigenvalue weighted by Gasteiger charge is -2.16. The summed E-state index contributed by atoms with van der Waals surface area (Å²) in [5, 5.41) is 2.11. The zero-order chi connectivity index (χ0) is 16.0. The molecular weight excluding hydrogens is 288 g/mol. The molecule has 3 N–H and O–H groups in total. The number of rotatable bonds is 3. The average Bonchev–Trinajstić information content (AvgIpc) is 2.35. The summed E-state index contributed by atoms with van der Waals surface area (Å²) in [5.74, 6) is 3.41. The normalized spacial score (nSPS) is 12.3. The Morgan fingerprint density at radius 3 is 2.67 bits per heavy atom. The van der Waals surface area contributed by atoms with E-state index in [0.29, 0.717) is 5.56 Å². The summed E-state index contributed by atoms with van der Waals surface area (Å²) in [6.45, 7) is 1.29. The minimum absolute atomic E-state index is 0.0987. The number of nitrogens with two attached hydrogens (primary N) is 1. The molecule has 1 atom stereocenters. The number of carbonyl (C=O) groups is 1. The largest absolute Gasteiger partial charge is 0.391 e. The molecule has 1 aromatic rings. The van der Waals surface area contributed by atoms with E-state index in [2.05, 4.69) is 17.2 Å². The quantitative estimate of drug-likeness (QED) is 0.664. The van der Waals surface area contributed by atoms with Gasteiger partial charge in [-0.05, 0) is 25.1 Å². The lowest BCUT2D eigenvalue weighted by molar-refractivity contribution is -0.138. The molecule has 0 spiro atoms. The Bertz CT molecular complexity index is 573. The topological polar surface area (TPSA) is 55.1 Å². The number of nitrogens with one attached hydrogen (secondary N) is 1. The minimum Gasteiger partial charge on any atom is -0.349 e. The van der Waals surface area contributed by atoms with Crippen molar-refractivity contribution in [1.82, 2.24) is 5.32 Å². The van der Waals surface area contributed by atoms with Crippen LogP contribution in [0.5, 0.6) is 0 Å². The first-order valence-electron chi connectivity index (χ1n) is 6.09. The van der Waals surface area contributed by atoms with Crippen LogP contribution in [0.2, 0.25) is 0 Å². The maximum atomic E-state index is 13.6. The SMILES string of the molecule is CC(CC(F)(F)F)NC(=O)c1cc(C#CCN)ccc1F. The first-order valence-corrected chi connectivity index (χ1v) is 6.09. The molecule has 0 fully saturated rings. The van der Waals surface area contributed by atoms with Gasteiger partial charge in [0.15, 0.2) is 0 Å². The van der Waals surface area contributed by atoms with E-state index in [1.54, 1.807) is 0 Å². The molecule has 0 aliphatic heterocycles.